The molecule has 4 rings (SSSR count). The van der Waals surface area contributed by atoms with Gasteiger partial charge in [-0.05, 0) is 31.2 Å². The molecule has 0 spiro atoms. The zero-order chi connectivity index (χ0) is 23.4. The maximum atomic E-state index is 13.4. The van der Waals surface area contributed by atoms with Gasteiger partial charge in [-0.1, -0.05) is 40.5 Å². The van der Waals surface area contributed by atoms with Crippen molar-refractivity contribution in [3.63, 3.8) is 0 Å². The molecule has 168 valence electrons. The fourth-order valence-corrected chi connectivity index (χ4v) is 5.22. The summed E-state index contributed by atoms with van der Waals surface area (Å²) in [7, 11) is -3.74. The van der Waals surface area contributed by atoms with Crippen molar-refractivity contribution in [2.45, 2.75) is 31.5 Å². The molecule has 0 atom stereocenters. The molecule has 1 aromatic heterocycles. The van der Waals surface area contributed by atoms with Gasteiger partial charge in [0.25, 0.3) is 0 Å². The number of fused-ring (bicyclic) bond motifs is 2. The van der Waals surface area contributed by atoms with E-state index < -0.39 is 21.6 Å². The average Bonchev–Trinajstić information content (AvgIpc) is 3.08. The van der Waals surface area contributed by atoms with E-state index in [0.717, 1.165) is 16.7 Å². The first kappa shape index (κ1) is 23.0. The van der Waals surface area contributed by atoms with Crippen molar-refractivity contribution in [2.75, 3.05) is 5.75 Å². The van der Waals surface area contributed by atoms with E-state index in [-0.39, 0.29) is 45.0 Å². The quantitative estimate of drug-likeness (QED) is 0.295. The van der Waals surface area contributed by atoms with Crippen LogP contribution in [0.25, 0.3) is 33.7 Å². The molecular formula is C21H16BrClF3N3O2S. The number of benzene rings is 1. The van der Waals surface area contributed by atoms with Gasteiger partial charge in [-0.2, -0.15) is 13.2 Å². The molecule has 2 aliphatic heterocycles. The van der Waals surface area contributed by atoms with Crippen LogP contribution in [0.5, 0.6) is 0 Å². The van der Waals surface area contributed by atoms with Crippen molar-refractivity contribution in [3.8, 4) is 22.8 Å². The normalized spacial score (nSPS) is 12.7. The van der Waals surface area contributed by atoms with E-state index in [2.05, 4.69) is 25.9 Å². The standard InChI is InChI=1S/C21H16BrClF3N3O2S/c1-3-29-10-12(21(24,25)26)8-15-20(29)17(23)19(28-15)18-16(32(30,31)4-2)7-11-5-6-13(22)9-14(11)27-18/h5-10H,3-4H2,1-2H3. The second kappa shape index (κ2) is 8.00. The summed E-state index contributed by atoms with van der Waals surface area (Å²) in [5, 5.41) is 0.643. The molecule has 1 aromatic carbocycles. The molecule has 0 fully saturated rings. The molecule has 0 amide bonds. The zero-order valence-electron chi connectivity index (χ0n) is 16.8. The average molecular weight is 547 g/mol. The van der Waals surface area contributed by atoms with Gasteiger partial charge in [-0.3, -0.25) is 0 Å². The van der Waals surface area contributed by atoms with E-state index in [1.165, 1.54) is 17.6 Å². The maximum Gasteiger partial charge on any atom is 0.417 e. The van der Waals surface area contributed by atoms with E-state index in [0.29, 0.717) is 10.9 Å². The number of hydrogen-bond donors (Lipinski definition) is 0. The van der Waals surface area contributed by atoms with Crippen LogP contribution in [0.4, 0.5) is 13.2 Å². The van der Waals surface area contributed by atoms with Crippen molar-refractivity contribution in [2.24, 2.45) is 0 Å². The summed E-state index contributed by atoms with van der Waals surface area (Å²) in [5.41, 5.74) is -0.0472. The number of sulfone groups is 1. The first-order valence-electron chi connectivity index (χ1n) is 9.56. The van der Waals surface area contributed by atoms with Gasteiger partial charge in [0.05, 0.1) is 38.1 Å². The molecule has 2 aromatic rings. The highest BCUT2D eigenvalue weighted by molar-refractivity contribution is 9.10. The summed E-state index contributed by atoms with van der Waals surface area (Å²) in [4.78, 5) is 8.76. The monoisotopic (exact) mass is 545 g/mol. The number of aromatic nitrogens is 3. The molecule has 2 aliphatic rings. The second-order valence-electron chi connectivity index (χ2n) is 7.10. The van der Waals surface area contributed by atoms with Crippen LogP contribution in [0, 0.1) is 0 Å². The molecule has 0 aliphatic carbocycles. The summed E-state index contributed by atoms with van der Waals surface area (Å²) in [5.74, 6) is -0.186. The third-order valence-electron chi connectivity index (χ3n) is 5.12. The van der Waals surface area contributed by atoms with Crippen molar-refractivity contribution < 1.29 is 21.6 Å². The predicted molar refractivity (Wildman–Crippen MR) is 121 cm³/mol. The molecule has 5 nitrogen and oxygen atoms in total. The van der Waals surface area contributed by atoms with Crippen molar-refractivity contribution in [1.82, 2.24) is 14.5 Å². The van der Waals surface area contributed by atoms with Crippen molar-refractivity contribution in [3.05, 3.63) is 51.6 Å². The minimum absolute atomic E-state index is 0.00913. The Morgan fingerprint density at radius 2 is 1.81 bits per heavy atom. The summed E-state index contributed by atoms with van der Waals surface area (Å²) >= 11 is 9.94. The smallest absolute Gasteiger partial charge is 0.345 e. The molecular weight excluding hydrogens is 531 g/mol. The Kier molecular flexibility index (Phi) is 5.75. The van der Waals surface area contributed by atoms with Crippen LogP contribution in [-0.2, 0) is 22.6 Å². The third kappa shape index (κ3) is 3.88. The number of rotatable bonds is 4. The summed E-state index contributed by atoms with van der Waals surface area (Å²) in [6, 6.07) is 7.60. The predicted octanol–water partition coefficient (Wildman–Crippen LogP) is 6.45. The van der Waals surface area contributed by atoms with Gasteiger partial charge < -0.3 is 4.57 Å². The largest absolute Gasteiger partial charge is 0.417 e. The Balaban J connectivity index is 2.10. The maximum absolute atomic E-state index is 13.4. The fourth-order valence-electron chi connectivity index (χ4n) is 3.48. The van der Waals surface area contributed by atoms with E-state index in [4.69, 9.17) is 11.6 Å². The fraction of sp³-hybridized carbons (Fsp3) is 0.238. The molecule has 0 bridgehead atoms. The molecule has 32 heavy (non-hydrogen) atoms. The molecule has 0 radical (unpaired) electrons. The molecule has 0 N–H and O–H groups in total. The van der Waals surface area contributed by atoms with Gasteiger partial charge in [0.2, 0.25) is 0 Å². The van der Waals surface area contributed by atoms with Gasteiger partial charge in [0, 0.05) is 22.6 Å². The van der Waals surface area contributed by atoms with E-state index in [1.807, 2.05) is 0 Å². The Morgan fingerprint density at radius 1 is 1.09 bits per heavy atom. The van der Waals surface area contributed by atoms with Crippen LogP contribution in [0.2, 0.25) is 5.02 Å². The Hall–Kier alpha value is -2.17. The van der Waals surface area contributed by atoms with E-state index in [1.54, 1.807) is 25.1 Å². The number of pyridine rings is 2. The number of aryl methyl sites for hydroxylation is 1. The summed E-state index contributed by atoms with van der Waals surface area (Å²) in [6.07, 6.45) is -3.60. The highest BCUT2D eigenvalue weighted by atomic mass is 79.9. The van der Waals surface area contributed by atoms with E-state index in [9.17, 15) is 21.6 Å². The lowest BCUT2D eigenvalue weighted by molar-refractivity contribution is -0.138. The summed E-state index contributed by atoms with van der Waals surface area (Å²) in [6.45, 7) is 3.40. The van der Waals surface area contributed by atoms with Gasteiger partial charge >= 0.3 is 6.18 Å². The van der Waals surface area contributed by atoms with Crippen molar-refractivity contribution >= 4 is 48.3 Å². The van der Waals surface area contributed by atoms with Crippen LogP contribution >= 0.6 is 27.5 Å². The minimum Gasteiger partial charge on any atom is -0.345 e. The minimum atomic E-state index is -4.57. The molecule has 0 unspecified atom stereocenters. The van der Waals surface area contributed by atoms with Crippen LogP contribution in [0.15, 0.2) is 45.9 Å². The Bertz CT molecular complexity index is 1430. The molecule has 0 saturated carbocycles. The zero-order valence-corrected chi connectivity index (χ0v) is 20.0. The molecule has 11 heteroatoms. The SMILES string of the molecule is CCn1cc(C(F)(F)F)cc2nc(-c3nc4cc(Br)ccc4cc3S(=O)(=O)CC)c(Cl)c1-2. The Morgan fingerprint density at radius 3 is 2.44 bits per heavy atom. The van der Waals surface area contributed by atoms with Gasteiger partial charge in [0.15, 0.2) is 9.84 Å². The number of alkyl halides is 3. The summed E-state index contributed by atoms with van der Waals surface area (Å²) < 4.78 is 67.9. The van der Waals surface area contributed by atoms with Gasteiger partial charge in [0.1, 0.15) is 11.4 Å². The second-order valence-corrected chi connectivity index (χ2v) is 10.6. The number of hydrogen-bond acceptors (Lipinski definition) is 4. The third-order valence-corrected chi connectivity index (χ3v) is 7.71. The van der Waals surface area contributed by atoms with Gasteiger partial charge in [-0.15, -0.1) is 0 Å². The lowest BCUT2D eigenvalue weighted by atomic mass is 10.1. The van der Waals surface area contributed by atoms with Crippen molar-refractivity contribution in [1.29, 1.82) is 0 Å². The topological polar surface area (TPSA) is 64.8 Å². The first-order chi connectivity index (χ1) is 15.0. The number of nitrogens with zero attached hydrogens (tertiary/aromatic N) is 3. The lowest BCUT2D eigenvalue weighted by Crippen LogP contribution is -2.11. The lowest BCUT2D eigenvalue weighted by Gasteiger charge is -2.15. The van der Waals surface area contributed by atoms with Crippen LogP contribution in [-0.4, -0.2) is 28.7 Å². The van der Waals surface area contributed by atoms with Crippen LogP contribution in [0.1, 0.15) is 19.4 Å². The highest BCUT2D eigenvalue weighted by Gasteiger charge is 2.34. The Labute approximate surface area is 195 Å². The van der Waals surface area contributed by atoms with Crippen LogP contribution in [0.3, 0.4) is 0 Å². The van der Waals surface area contributed by atoms with Gasteiger partial charge in [-0.25, -0.2) is 18.4 Å². The highest BCUT2D eigenvalue weighted by Crippen LogP contribution is 2.43. The van der Waals surface area contributed by atoms with E-state index >= 15 is 0 Å². The molecule has 3 heterocycles. The van der Waals surface area contributed by atoms with Crippen LogP contribution < -0.4 is 0 Å². The molecule has 0 saturated heterocycles. The number of halogens is 5. The first-order valence-corrected chi connectivity index (χ1v) is 12.4.